The smallest absolute Gasteiger partial charge is 0.313 e. The molecule has 0 amide bonds. The summed E-state index contributed by atoms with van der Waals surface area (Å²) in [5.41, 5.74) is 2.69. The van der Waals surface area contributed by atoms with Crippen molar-refractivity contribution in [1.29, 1.82) is 5.26 Å². The molecule has 1 aromatic carbocycles. The minimum Gasteiger partial charge on any atom is -0.422 e. The van der Waals surface area contributed by atoms with Crippen LogP contribution in [0.15, 0.2) is 36.5 Å². The van der Waals surface area contributed by atoms with Crippen molar-refractivity contribution in [2.45, 2.75) is 27.3 Å². The number of ether oxygens (including phenoxy) is 1. The van der Waals surface area contributed by atoms with Gasteiger partial charge in [0, 0.05) is 38.9 Å². The molecule has 1 aliphatic rings. The Hall–Kier alpha value is -2.91. The van der Waals surface area contributed by atoms with Crippen molar-refractivity contribution in [3.05, 3.63) is 53.2 Å². The predicted molar refractivity (Wildman–Crippen MR) is 108 cm³/mol. The second-order valence-electron chi connectivity index (χ2n) is 7.39. The van der Waals surface area contributed by atoms with Gasteiger partial charge in [-0.05, 0) is 30.2 Å². The van der Waals surface area contributed by atoms with Gasteiger partial charge in [0.1, 0.15) is 0 Å². The first-order chi connectivity index (χ1) is 13.5. The minimum absolute atomic E-state index is 0.190. The summed E-state index contributed by atoms with van der Waals surface area (Å²) in [6.07, 6.45) is 1.76. The lowest BCUT2D eigenvalue weighted by atomic mass is 10.1. The van der Waals surface area contributed by atoms with E-state index in [1.807, 2.05) is 51.1 Å². The summed E-state index contributed by atoms with van der Waals surface area (Å²) < 4.78 is 5.65. The summed E-state index contributed by atoms with van der Waals surface area (Å²) in [4.78, 5) is 21.1. The Balaban J connectivity index is 1.69. The van der Waals surface area contributed by atoms with E-state index in [9.17, 15) is 10.1 Å². The molecule has 1 fully saturated rings. The van der Waals surface area contributed by atoms with Gasteiger partial charge in [0.05, 0.1) is 17.6 Å². The fraction of sp³-hybridized carbons (Fsp3) is 0.409. The number of aryl methyl sites for hydroxylation is 1. The summed E-state index contributed by atoms with van der Waals surface area (Å²) in [5, 5.41) is 9.28. The molecule has 0 N–H and O–H groups in total. The molecular weight excluding hydrogens is 352 g/mol. The van der Waals surface area contributed by atoms with Crippen LogP contribution < -0.4 is 9.64 Å². The highest BCUT2D eigenvalue weighted by Crippen LogP contribution is 2.31. The number of pyridine rings is 1. The van der Waals surface area contributed by atoms with Gasteiger partial charge in [0.25, 0.3) is 0 Å². The zero-order valence-corrected chi connectivity index (χ0v) is 16.7. The molecule has 0 aliphatic carbocycles. The normalized spacial score (nSPS) is 14.8. The van der Waals surface area contributed by atoms with E-state index in [0.717, 1.165) is 55.2 Å². The van der Waals surface area contributed by atoms with Crippen LogP contribution in [0.1, 0.15) is 30.5 Å². The van der Waals surface area contributed by atoms with Crippen molar-refractivity contribution >= 4 is 11.8 Å². The number of rotatable bonds is 5. The summed E-state index contributed by atoms with van der Waals surface area (Å²) in [5.74, 6) is 0.851. The first-order valence-corrected chi connectivity index (χ1v) is 9.62. The Kier molecular flexibility index (Phi) is 6.27. The van der Waals surface area contributed by atoms with Gasteiger partial charge in [-0.15, -0.1) is 0 Å². The molecule has 0 unspecified atom stereocenters. The van der Waals surface area contributed by atoms with E-state index in [4.69, 9.17) is 4.74 Å². The second kappa shape index (κ2) is 8.85. The molecule has 1 saturated heterocycles. The van der Waals surface area contributed by atoms with Crippen LogP contribution in [0.4, 0.5) is 5.82 Å². The zero-order chi connectivity index (χ0) is 20.1. The monoisotopic (exact) mass is 378 g/mol. The molecule has 2 heterocycles. The summed E-state index contributed by atoms with van der Waals surface area (Å²) >= 11 is 0. The van der Waals surface area contributed by atoms with Crippen LogP contribution >= 0.6 is 0 Å². The Morgan fingerprint density at radius 1 is 1.21 bits per heavy atom. The third-order valence-electron chi connectivity index (χ3n) is 4.96. The van der Waals surface area contributed by atoms with Crippen LogP contribution in [-0.4, -0.2) is 42.0 Å². The Labute approximate surface area is 166 Å². The average Bonchev–Trinajstić information content (AvgIpc) is 2.70. The summed E-state index contributed by atoms with van der Waals surface area (Å²) in [7, 11) is 0. The lowest BCUT2D eigenvalue weighted by Gasteiger charge is -2.36. The molecule has 6 heteroatoms. The first-order valence-electron chi connectivity index (χ1n) is 9.62. The molecular formula is C22H26N4O2. The third kappa shape index (κ3) is 4.49. The highest BCUT2D eigenvalue weighted by atomic mass is 16.5. The number of carbonyl (C=O) groups excluding carboxylic acids is 1. The zero-order valence-electron chi connectivity index (χ0n) is 16.7. The van der Waals surface area contributed by atoms with Gasteiger partial charge in [0.15, 0.2) is 11.6 Å². The van der Waals surface area contributed by atoms with Gasteiger partial charge in [0.2, 0.25) is 0 Å². The van der Waals surface area contributed by atoms with E-state index in [-0.39, 0.29) is 11.9 Å². The van der Waals surface area contributed by atoms with Crippen LogP contribution in [0.25, 0.3) is 0 Å². The minimum atomic E-state index is -0.246. The van der Waals surface area contributed by atoms with E-state index < -0.39 is 0 Å². The molecule has 28 heavy (non-hydrogen) atoms. The molecule has 0 spiro atoms. The van der Waals surface area contributed by atoms with Crippen molar-refractivity contribution in [2.75, 3.05) is 31.1 Å². The van der Waals surface area contributed by atoms with Crippen LogP contribution in [0.3, 0.4) is 0 Å². The molecule has 1 aromatic heterocycles. The molecule has 6 nitrogen and oxygen atoms in total. The van der Waals surface area contributed by atoms with Gasteiger partial charge in [-0.1, -0.05) is 32.0 Å². The molecule has 0 atom stereocenters. The molecule has 0 radical (unpaired) electrons. The van der Waals surface area contributed by atoms with E-state index in [0.29, 0.717) is 5.75 Å². The van der Waals surface area contributed by atoms with Crippen molar-refractivity contribution in [2.24, 2.45) is 5.92 Å². The molecule has 0 bridgehead atoms. The molecule has 1 aliphatic heterocycles. The van der Waals surface area contributed by atoms with Gasteiger partial charge in [-0.2, -0.15) is 5.26 Å². The number of anilines is 1. The third-order valence-corrected chi connectivity index (χ3v) is 4.96. The van der Waals surface area contributed by atoms with Crippen LogP contribution in [0, 0.1) is 24.2 Å². The van der Waals surface area contributed by atoms with Crippen molar-refractivity contribution in [3.63, 3.8) is 0 Å². The van der Waals surface area contributed by atoms with Crippen LogP contribution in [0.2, 0.25) is 0 Å². The SMILES string of the molecule is Cc1ccnc(N2CCN(Cc3ccccc3C#N)CC2)c1OC(=O)C(C)C. The van der Waals surface area contributed by atoms with Crippen molar-refractivity contribution in [3.8, 4) is 11.8 Å². The highest BCUT2D eigenvalue weighted by molar-refractivity contribution is 5.76. The van der Waals surface area contributed by atoms with Crippen LogP contribution in [0.5, 0.6) is 5.75 Å². The van der Waals surface area contributed by atoms with E-state index >= 15 is 0 Å². The quantitative estimate of drug-likeness (QED) is 0.745. The first kappa shape index (κ1) is 19.8. The fourth-order valence-electron chi connectivity index (χ4n) is 3.23. The number of hydrogen-bond acceptors (Lipinski definition) is 6. The fourth-order valence-corrected chi connectivity index (χ4v) is 3.23. The Morgan fingerprint density at radius 2 is 1.93 bits per heavy atom. The maximum Gasteiger partial charge on any atom is 0.313 e. The van der Waals surface area contributed by atoms with Gasteiger partial charge < -0.3 is 9.64 Å². The molecule has 2 aromatic rings. The summed E-state index contributed by atoms with van der Waals surface area (Å²) in [6.45, 7) is 9.63. The second-order valence-corrected chi connectivity index (χ2v) is 7.39. The van der Waals surface area contributed by atoms with E-state index in [2.05, 4.69) is 20.9 Å². The summed E-state index contributed by atoms with van der Waals surface area (Å²) in [6, 6.07) is 11.9. The number of nitriles is 1. The lowest BCUT2D eigenvalue weighted by Crippen LogP contribution is -2.46. The number of nitrogens with zero attached hydrogens (tertiary/aromatic N) is 4. The number of benzene rings is 1. The molecule has 0 saturated carbocycles. The maximum absolute atomic E-state index is 12.1. The predicted octanol–water partition coefficient (Wildman–Crippen LogP) is 3.15. The van der Waals surface area contributed by atoms with Crippen LogP contribution in [-0.2, 0) is 11.3 Å². The Morgan fingerprint density at radius 3 is 2.61 bits per heavy atom. The van der Waals surface area contributed by atoms with Gasteiger partial charge >= 0.3 is 5.97 Å². The van der Waals surface area contributed by atoms with E-state index in [1.54, 1.807) is 6.20 Å². The lowest BCUT2D eigenvalue weighted by molar-refractivity contribution is -0.137. The standard InChI is InChI=1S/C22H26N4O2/c1-16(2)22(27)28-20-17(3)8-9-24-21(20)26-12-10-25(11-13-26)15-19-7-5-4-6-18(19)14-23/h4-9,16H,10-13,15H2,1-3H3. The molecule has 146 valence electrons. The topological polar surface area (TPSA) is 69.5 Å². The number of aromatic nitrogens is 1. The number of hydrogen-bond donors (Lipinski definition) is 0. The Bertz CT molecular complexity index is 880. The van der Waals surface area contributed by atoms with E-state index in [1.165, 1.54) is 0 Å². The molecule has 3 rings (SSSR count). The average molecular weight is 378 g/mol. The number of esters is 1. The number of piperazine rings is 1. The van der Waals surface area contributed by atoms with Gasteiger partial charge in [-0.25, -0.2) is 4.98 Å². The van der Waals surface area contributed by atoms with Crippen molar-refractivity contribution in [1.82, 2.24) is 9.88 Å². The van der Waals surface area contributed by atoms with Crippen molar-refractivity contribution < 1.29 is 9.53 Å². The highest BCUT2D eigenvalue weighted by Gasteiger charge is 2.24. The largest absolute Gasteiger partial charge is 0.422 e. The van der Waals surface area contributed by atoms with Gasteiger partial charge in [-0.3, -0.25) is 9.69 Å². The number of carbonyl (C=O) groups is 1. The maximum atomic E-state index is 12.1.